The molecule has 0 aliphatic carbocycles. The van der Waals surface area contributed by atoms with Crippen LogP contribution in [0.2, 0.25) is 0 Å². The van der Waals surface area contributed by atoms with Crippen molar-refractivity contribution < 1.29 is 4.42 Å². The highest BCUT2D eigenvalue weighted by Gasteiger charge is 2.38. The molecule has 0 N–H and O–H groups in total. The van der Waals surface area contributed by atoms with Crippen LogP contribution in [0, 0.1) is 0 Å². The summed E-state index contributed by atoms with van der Waals surface area (Å²) in [6, 6.07) is 25.2. The molecule has 0 atom stereocenters. The predicted molar refractivity (Wildman–Crippen MR) is 108 cm³/mol. The number of hydrogen-bond acceptors (Lipinski definition) is 3. The molecular weight excluding hydrogens is 320 g/mol. The zero-order valence-electron chi connectivity index (χ0n) is 15.3. The number of hydrogen-bond donors (Lipinski definition) is 0. The Morgan fingerprint density at radius 2 is 1.31 bits per heavy atom. The van der Waals surface area contributed by atoms with E-state index in [1.807, 2.05) is 12.1 Å². The van der Waals surface area contributed by atoms with E-state index >= 15 is 0 Å². The molecule has 0 saturated carbocycles. The van der Waals surface area contributed by atoms with Crippen molar-refractivity contribution in [3.63, 3.8) is 0 Å². The SMILES string of the molecule is CC1(C)N(c2ccccc2)CC(=Cc2ccco2)CN1c1ccccc1. The van der Waals surface area contributed by atoms with Crippen LogP contribution in [0.1, 0.15) is 19.6 Å². The minimum atomic E-state index is -0.150. The number of rotatable bonds is 3. The maximum Gasteiger partial charge on any atom is 0.126 e. The normalized spacial score (nSPS) is 16.6. The molecule has 1 aromatic heterocycles. The van der Waals surface area contributed by atoms with E-state index in [-0.39, 0.29) is 5.66 Å². The van der Waals surface area contributed by atoms with Gasteiger partial charge >= 0.3 is 0 Å². The lowest BCUT2D eigenvalue weighted by molar-refractivity contribution is 0.420. The molecule has 0 amide bonds. The fraction of sp³-hybridized carbons (Fsp3) is 0.217. The van der Waals surface area contributed by atoms with Crippen molar-refractivity contribution in [1.29, 1.82) is 0 Å². The zero-order valence-corrected chi connectivity index (χ0v) is 15.3. The smallest absolute Gasteiger partial charge is 0.126 e. The summed E-state index contributed by atoms with van der Waals surface area (Å²) in [5.74, 6) is 0.903. The minimum Gasteiger partial charge on any atom is -0.465 e. The number of benzene rings is 2. The molecule has 1 fully saturated rings. The summed E-state index contributed by atoms with van der Waals surface area (Å²) in [6.45, 7) is 6.33. The summed E-state index contributed by atoms with van der Waals surface area (Å²) < 4.78 is 5.56. The van der Waals surface area contributed by atoms with E-state index in [9.17, 15) is 0 Å². The van der Waals surface area contributed by atoms with Crippen molar-refractivity contribution in [1.82, 2.24) is 0 Å². The summed E-state index contributed by atoms with van der Waals surface area (Å²) in [6.07, 6.45) is 3.89. The first-order chi connectivity index (χ1) is 12.6. The van der Waals surface area contributed by atoms with Gasteiger partial charge in [-0.25, -0.2) is 0 Å². The summed E-state index contributed by atoms with van der Waals surface area (Å²) in [5, 5.41) is 0. The maximum atomic E-state index is 5.56. The highest BCUT2D eigenvalue weighted by atomic mass is 16.3. The molecule has 3 nitrogen and oxygen atoms in total. The van der Waals surface area contributed by atoms with Crippen LogP contribution >= 0.6 is 0 Å². The van der Waals surface area contributed by atoms with Gasteiger partial charge < -0.3 is 14.2 Å². The topological polar surface area (TPSA) is 19.6 Å². The van der Waals surface area contributed by atoms with Crippen LogP contribution in [0.25, 0.3) is 6.08 Å². The third kappa shape index (κ3) is 3.13. The fourth-order valence-corrected chi connectivity index (χ4v) is 3.69. The van der Waals surface area contributed by atoms with Crippen molar-refractivity contribution in [3.05, 3.63) is 90.4 Å². The number of nitrogens with zero attached hydrogens (tertiary/aromatic N) is 2. The molecule has 1 aliphatic rings. The van der Waals surface area contributed by atoms with Crippen molar-refractivity contribution >= 4 is 17.5 Å². The van der Waals surface area contributed by atoms with Crippen molar-refractivity contribution in [2.24, 2.45) is 0 Å². The van der Waals surface area contributed by atoms with E-state index in [0.29, 0.717) is 0 Å². The molecule has 2 heterocycles. The second kappa shape index (κ2) is 6.75. The van der Waals surface area contributed by atoms with Crippen molar-refractivity contribution in [2.75, 3.05) is 22.9 Å². The third-order valence-electron chi connectivity index (χ3n) is 5.07. The quantitative estimate of drug-likeness (QED) is 0.632. The standard InChI is InChI=1S/C23H24N2O/c1-23(2)24(20-10-5-3-6-11-20)17-19(16-22-14-9-15-26-22)18-25(23)21-12-7-4-8-13-21/h3-16H,17-18H2,1-2H3. The van der Waals surface area contributed by atoms with Crippen molar-refractivity contribution in [3.8, 4) is 0 Å². The molecule has 3 aromatic rings. The van der Waals surface area contributed by atoms with Gasteiger partial charge in [0.05, 0.1) is 6.26 Å². The minimum absolute atomic E-state index is 0.150. The third-order valence-corrected chi connectivity index (χ3v) is 5.07. The Morgan fingerprint density at radius 3 is 1.77 bits per heavy atom. The van der Waals surface area contributed by atoms with E-state index in [1.165, 1.54) is 16.9 Å². The second-order valence-corrected chi connectivity index (χ2v) is 7.16. The lowest BCUT2D eigenvalue weighted by atomic mass is 9.99. The average Bonchev–Trinajstić information content (AvgIpc) is 3.17. The molecule has 4 rings (SSSR count). The van der Waals surface area contributed by atoms with Gasteiger partial charge in [-0.15, -0.1) is 0 Å². The van der Waals surface area contributed by atoms with E-state index in [1.54, 1.807) is 6.26 Å². The van der Waals surface area contributed by atoms with Gasteiger partial charge in [0.15, 0.2) is 0 Å². The number of furan rings is 1. The van der Waals surface area contributed by atoms with Crippen LogP contribution in [0.5, 0.6) is 0 Å². The van der Waals surface area contributed by atoms with Gasteiger partial charge in [0.2, 0.25) is 0 Å². The molecule has 0 spiro atoms. The average molecular weight is 344 g/mol. The molecule has 26 heavy (non-hydrogen) atoms. The van der Waals surface area contributed by atoms with E-state index in [2.05, 4.69) is 90.4 Å². The summed E-state index contributed by atoms with van der Waals surface area (Å²) in [5.41, 5.74) is 3.63. The summed E-state index contributed by atoms with van der Waals surface area (Å²) in [4.78, 5) is 4.91. The molecule has 2 aromatic carbocycles. The second-order valence-electron chi connectivity index (χ2n) is 7.16. The zero-order chi connectivity index (χ0) is 18.0. The fourth-order valence-electron chi connectivity index (χ4n) is 3.69. The molecule has 0 unspecified atom stereocenters. The Bertz CT molecular complexity index is 814. The predicted octanol–water partition coefficient (Wildman–Crippen LogP) is 5.43. The Hall–Kier alpha value is -2.94. The molecule has 0 bridgehead atoms. The first-order valence-corrected chi connectivity index (χ1v) is 9.03. The van der Waals surface area contributed by atoms with E-state index < -0.39 is 0 Å². The Balaban J connectivity index is 1.77. The molecule has 1 aliphatic heterocycles. The summed E-state index contributed by atoms with van der Waals surface area (Å²) in [7, 11) is 0. The molecule has 1 saturated heterocycles. The maximum absolute atomic E-state index is 5.56. The number of para-hydroxylation sites is 2. The highest BCUT2D eigenvalue weighted by molar-refractivity contribution is 5.63. The van der Waals surface area contributed by atoms with E-state index in [4.69, 9.17) is 4.42 Å². The number of anilines is 2. The Morgan fingerprint density at radius 1 is 0.769 bits per heavy atom. The van der Waals surface area contributed by atoms with Gasteiger partial charge in [-0.3, -0.25) is 0 Å². The van der Waals surface area contributed by atoms with Crippen LogP contribution in [0.15, 0.2) is 89.0 Å². The first-order valence-electron chi connectivity index (χ1n) is 9.03. The lowest BCUT2D eigenvalue weighted by Gasteiger charge is -2.53. The molecule has 0 radical (unpaired) electrons. The van der Waals surface area contributed by atoms with Gasteiger partial charge in [0.25, 0.3) is 0 Å². The molecule has 132 valence electrons. The largest absolute Gasteiger partial charge is 0.465 e. The molecule has 3 heteroatoms. The van der Waals surface area contributed by atoms with Crippen LogP contribution < -0.4 is 9.80 Å². The van der Waals surface area contributed by atoms with Gasteiger partial charge in [-0.05, 0) is 61.9 Å². The van der Waals surface area contributed by atoms with Crippen LogP contribution in [0.4, 0.5) is 11.4 Å². The van der Waals surface area contributed by atoms with Gasteiger partial charge in [0, 0.05) is 24.5 Å². The Kier molecular flexibility index (Phi) is 4.29. The van der Waals surface area contributed by atoms with Crippen LogP contribution in [0.3, 0.4) is 0 Å². The highest BCUT2D eigenvalue weighted by Crippen LogP contribution is 2.36. The van der Waals surface area contributed by atoms with Crippen LogP contribution in [-0.4, -0.2) is 18.8 Å². The molecular formula is C23H24N2O. The van der Waals surface area contributed by atoms with E-state index in [0.717, 1.165) is 18.8 Å². The Labute approximate surface area is 155 Å². The lowest BCUT2D eigenvalue weighted by Crippen LogP contribution is -2.62. The van der Waals surface area contributed by atoms with Gasteiger partial charge in [-0.1, -0.05) is 36.4 Å². The van der Waals surface area contributed by atoms with Crippen LogP contribution in [-0.2, 0) is 0 Å². The van der Waals surface area contributed by atoms with Gasteiger partial charge in [0.1, 0.15) is 11.4 Å². The van der Waals surface area contributed by atoms with Crippen molar-refractivity contribution in [2.45, 2.75) is 19.5 Å². The monoisotopic (exact) mass is 344 g/mol. The first kappa shape index (κ1) is 16.5. The van der Waals surface area contributed by atoms with Gasteiger partial charge in [-0.2, -0.15) is 0 Å². The summed E-state index contributed by atoms with van der Waals surface area (Å²) >= 11 is 0.